The Kier molecular flexibility index (Phi) is 4.19. The highest BCUT2D eigenvalue weighted by Crippen LogP contribution is 2.26. The Labute approximate surface area is 105 Å². The van der Waals surface area contributed by atoms with Crippen LogP contribution in [0.4, 0.5) is 0 Å². The minimum atomic E-state index is 0.401. The number of rotatable bonds is 3. The fourth-order valence-electron chi connectivity index (χ4n) is 2.79. The third-order valence-electron chi connectivity index (χ3n) is 3.81. The van der Waals surface area contributed by atoms with E-state index in [-0.39, 0.29) is 0 Å². The summed E-state index contributed by atoms with van der Waals surface area (Å²) in [6, 6.07) is 9.23. The molecule has 1 aliphatic heterocycles. The number of hydrogen-bond donors (Lipinski definition) is 1. The molecule has 0 spiro atoms. The molecule has 1 aromatic rings. The molecule has 2 atom stereocenters. The Bertz CT molecular complexity index is 344. The molecule has 2 rings (SSSR count). The molecule has 0 amide bonds. The third kappa shape index (κ3) is 3.08. The first-order valence-electron chi connectivity index (χ1n) is 6.71. The molecular formula is C15H24N2. The highest BCUT2D eigenvalue weighted by molar-refractivity contribution is 5.24. The number of aryl methyl sites for hydroxylation is 1. The van der Waals surface area contributed by atoms with Gasteiger partial charge in [0, 0.05) is 19.1 Å². The molecule has 1 aromatic carbocycles. The molecule has 0 radical (unpaired) electrons. The molecule has 2 N–H and O–H groups in total. The predicted octanol–water partition coefficient (Wildman–Crippen LogP) is 2.73. The fourth-order valence-corrected chi connectivity index (χ4v) is 2.79. The van der Waals surface area contributed by atoms with Gasteiger partial charge in [-0.05, 0) is 37.8 Å². The van der Waals surface area contributed by atoms with Crippen LogP contribution in [0.15, 0.2) is 24.3 Å². The van der Waals surface area contributed by atoms with Crippen LogP contribution in [0.1, 0.15) is 36.9 Å². The highest BCUT2D eigenvalue weighted by Gasteiger charge is 2.23. The number of benzene rings is 1. The van der Waals surface area contributed by atoms with E-state index in [0.717, 1.165) is 12.5 Å². The summed E-state index contributed by atoms with van der Waals surface area (Å²) in [5.41, 5.74) is 8.66. The lowest BCUT2D eigenvalue weighted by atomic mass is 9.96. The maximum Gasteiger partial charge on any atom is 0.0470 e. The summed E-state index contributed by atoms with van der Waals surface area (Å²) < 4.78 is 0. The van der Waals surface area contributed by atoms with Gasteiger partial charge in [0.15, 0.2) is 0 Å². The van der Waals surface area contributed by atoms with Crippen LogP contribution < -0.4 is 5.73 Å². The average molecular weight is 232 g/mol. The van der Waals surface area contributed by atoms with E-state index in [1.807, 2.05) is 0 Å². The molecule has 0 bridgehead atoms. The third-order valence-corrected chi connectivity index (χ3v) is 3.81. The number of hydrogen-bond acceptors (Lipinski definition) is 2. The lowest BCUT2D eigenvalue weighted by Gasteiger charge is -2.37. The van der Waals surface area contributed by atoms with E-state index in [1.165, 1.54) is 37.1 Å². The number of piperidine rings is 1. The first-order chi connectivity index (χ1) is 8.20. The van der Waals surface area contributed by atoms with E-state index in [1.54, 1.807) is 0 Å². The van der Waals surface area contributed by atoms with Crippen LogP contribution in [0.5, 0.6) is 0 Å². The van der Waals surface area contributed by atoms with E-state index < -0.39 is 0 Å². The summed E-state index contributed by atoms with van der Waals surface area (Å²) in [5, 5.41) is 0. The zero-order valence-corrected chi connectivity index (χ0v) is 11.0. The van der Waals surface area contributed by atoms with Gasteiger partial charge in [-0.15, -0.1) is 0 Å². The highest BCUT2D eigenvalue weighted by atomic mass is 15.2. The van der Waals surface area contributed by atoms with Crippen LogP contribution in [0.3, 0.4) is 0 Å². The molecule has 1 aliphatic rings. The van der Waals surface area contributed by atoms with Gasteiger partial charge in [-0.25, -0.2) is 0 Å². The van der Waals surface area contributed by atoms with Crippen LogP contribution >= 0.6 is 0 Å². The quantitative estimate of drug-likeness (QED) is 0.868. The molecule has 0 saturated carbocycles. The Balaban J connectivity index is 2.12. The van der Waals surface area contributed by atoms with Gasteiger partial charge >= 0.3 is 0 Å². The zero-order chi connectivity index (χ0) is 12.3. The normalized spacial score (nSPS) is 23.6. The number of nitrogens with two attached hydrogens (primary N) is 1. The summed E-state index contributed by atoms with van der Waals surface area (Å²) in [7, 11) is 0. The van der Waals surface area contributed by atoms with Crippen molar-refractivity contribution in [2.45, 2.75) is 32.7 Å². The SMILES string of the molecule is Cc1ccc(C(CN)N2CCCC(C)C2)cc1. The molecule has 2 heteroatoms. The van der Waals surface area contributed by atoms with Crippen molar-refractivity contribution in [2.24, 2.45) is 11.7 Å². The lowest BCUT2D eigenvalue weighted by molar-refractivity contribution is 0.133. The fraction of sp³-hybridized carbons (Fsp3) is 0.600. The van der Waals surface area contributed by atoms with Crippen LogP contribution in [0, 0.1) is 12.8 Å². The molecule has 1 fully saturated rings. The molecule has 0 aliphatic carbocycles. The van der Waals surface area contributed by atoms with Crippen molar-refractivity contribution in [3.63, 3.8) is 0 Å². The standard InChI is InChI=1S/C15H24N2/c1-12-5-7-14(8-6-12)15(10-16)17-9-3-4-13(2)11-17/h5-8,13,15H,3-4,9-11,16H2,1-2H3. The molecular weight excluding hydrogens is 208 g/mol. The van der Waals surface area contributed by atoms with E-state index in [9.17, 15) is 0 Å². The summed E-state index contributed by atoms with van der Waals surface area (Å²) >= 11 is 0. The topological polar surface area (TPSA) is 29.3 Å². The first-order valence-corrected chi connectivity index (χ1v) is 6.71. The van der Waals surface area contributed by atoms with Crippen LogP contribution in [0.2, 0.25) is 0 Å². The predicted molar refractivity (Wildman–Crippen MR) is 72.9 cm³/mol. The van der Waals surface area contributed by atoms with Gasteiger partial charge in [0.1, 0.15) is 0 Å². The van der Waals surface area contributed by atoms with Gasteiger partial charge in [-0.2, -0.15) is 0 Å². The zero-order valence-electron chi connectivity index (χ0n) is 11.0. The maximum absolute atomic E-state index is 5.98. The van der Waals surface area contributed by atoms with Crippen molar-refractivity contribution in [3.05, 3.63) is 35.4 Å². The lowest BCUT2D eigenvalue weighted by Crippen LogP contribution is -2.40. The molecule has 2 nitrogen and oxygen atoms in total. The summed E-state index contributed by atoms with van der Waals surface area (Å²) in [6.07, 6.45) is 2.67. The van der Waals surface area contributed by atoms with Crippen LogP contribution in [-0.4, -0.2) is 24.5 Å². The Morgan fingerprint density at radius 2 is 2.06 bits per heavy atom. The van der Waals surface area contributed by atoms with E-state index in [0.29, 0.717) is 6.04 Å². The van der Waals surface area contributed by atoms with Crippen molar-refractivity contribution >= 4 is 0 Å². The van der Waals surface area contributed by atoms with Gasteiger partial charge in [-0.3, -0.25) is 4.90 Å². The smallest absolute Gasteiger partial charge is 0.0470 e. The van der Waals surface area contributed by atoms with Crippen LogP contribution in [0.25, 0.3) is 0 Å². The molecule has 94 valence electrons. The van der Waals surface area contributed by atoms with Crippen molar-refractivity contribution < 1.29 is 0 Å². The van der Waals surface area contributed by atoms with Gasteiger partial charge in [-0.1, -0.05) is 36.8 Å². The van der Waals surface area contributed by atoms with E-state index in [2.05, 4.69) is 43.0 Å². The Hall–Kier alpha value is -0.860. The van der Waals surface area contributed by atoms with Crippen molar-refractivity contribution in [2.75, 3.05) is 19.6 Å². The maximum atomic E-state index is 5.98. The van der Waals surface area contributed by atoms with Crippen molar-refractivity contribution in [3.8, 4) is 0 Å². The molecule has 17 heavy (non-hydrogen) atoms. The second-order valence-electron chi connectivity index (χ2n) is 5.40. The largest absolute Gasteiger partial charge is 0.329 e. The minimum Gasteiger partial charge on any atom is -0.329 e. The second-order valence-corrected chi connectivity index (χ2v) is 5.40. The summed E-state index contributed by atoms with van der Waals surface area (Å²) in [4.78, 5) is 2.55. The van der Waals surface area contributed by atoms with Crippen molar-refractivity contribution in [1.82, 2.24) is 4.90 Å². The molecule has 1 heterocycles. The number of nitrogens with zero attached hydrogens (tertiary/aromatic N) is 1. The minimum absolute atomic E-state index is 0.401. The molecule has 1 saturated heterocycles. The van der Waals surface area contributed by atoms with Gasteiger partial charge in [0.05, 0.1) is 0 Å². The molecule has 0 aromatic heterocycles. The summed E-state index contributed by atoms with van der Waals surface area (Å²) in [6.45, 7) is 7.57. The van der Waals surface area contributed by atoms with E-state index in [4.69, 9.17) is 5.73 Å². The Morgan fingerprint density at radius 3 is 2.65 bits per heavy atom. The van der Waals surface area contributed by atoms with Gasteiger partial charge in [0.2, 0.25) is 0 Å². The van der Waals surface area contributed by atoms with Gasteiger partial charge < -0.3 is 5.73 Å². The number of likely N-dealkylation sites (tertiary alicyclic amines) is 1. The second kappa shape index (κ2) is 5.65. The van der Waals surface area contributed by atoms with Crippen LogP contribution in [-0.2, 0) is 0 Å². The van der Waals surface area contributed by atoms with E-state index >= 15 is 0 Å². The van der Waals surface area contributed by atoms with Crippen molar-refractivity contribution in [1.29, 1.82) is 0 Å². The summed E-state index contributed by atoms with van der Waals surface area (Å²) in [5.74, 6) is 0.809. The molecule has 2 unspecified atom stereocenters. The average Bonchev–Trinajstić information content (AvgIpc) is 2.33. The van der Waals surface area contributed by atoms with Gasteiger partial charge in [0.25, 0.3) is 0 Å². The first kappa shape index (κ1) is 12.6. The Morgan fingerprint density at radius 1 is 1.35 bits per heavy atom. The monoisotopic (exact) mass is 232 g/mol.